The zero-order valence-electron chi connectivity index (χ0n) is 9.69. The van der Waals surface area contributed by atoms with Crippen LogP contribution in [-0.2, 0) is 9.59 Å². The third-order valence-electron chi connectivity index (χ3n) is 2.59. The Balaban J connectivity index is 2.26. The standard InChI is InChI=1S/C11H9F3N2O3/c1-19-7-4-2-6(3-5-7)16-10(18)8(17)9(15-16)11(12,13)14/h2-5,9,15H,1H3. The molecule has 1 aliphatic rings. The second-order valence-corrected chi connectivity index (χ2v) is 3.81. The van der Waals surface area contributed by atoms with Crippen molar-refractivity contribution in [2.24, 2.45) is 0 Å². The van der Waals surface area contributed by atoms with Crippen LogP contribution in [0.15, 0.2) is 24.3 Å². The maximum Gasteiger partial charge on any atom is 0.413 e. The maximum absolute atomic E-state index is 12.5. The molecule has 1 heterocycles. The molecule has 1 aromatic carbocycles. The summed E-state index contributed by atoms with van der Waals surface area (Å²) in [6.45, 7) is 0. The molecule has 1 aliphatic heterocycles. The average molecular weight is 274 g/mol. The van der Waals surface area contributed by atoms with Crippen LogP contribution in [0.4, 0.5) is 18.9 Å². The van der Waals surface area contributed by atoms with Crippen molar-refractivity contribution in [2.45, 2.75) is 12.2 Å². The van der Waals surface area contributed by atoms with Crippen LogP contribution in [0, 0.1) is 0 Å². The first kappa shape index (κ1) is 13.3. The third-order valence-corrected chi connectivity index (χ3v) is 2.59. The summed E-state index contributed by atoms with van der Waals surface area (Å²) in [4.78, 5) is 22.8. The van der Waals surface area contributed by atoms with Crippen LogP contribution in [0.2, 0.25) is 0 Å². The molecule has 1 amide bonds. The topological polar surface area (TPSA) is 58.6 Å². The first-order valence-electron chi connectivity index (χ1n) is 5.20. The number of carbonyl (C=O) groups excluding carboxylic acids is 2. The number of ether oxygens (including phenoxy) is 1. The molecule has 0 aliphatic carbocycles. The molecule has 8 heteroatoms. The predicted octanol–water partition coefficient (Wildman–Crippen LogP) is 1.05. The summed E-state index contributed by atoms with van der Waals surface area (Å²) in [6.07, 6.45) is -4.81. The van der Waals surface area contributed by atoms with Crippen molar-refractivity contribution < 1.29 is 27.5 Å². The van der Waals surface area contributed by atoms with Crippen molar-refractivity contribution in [3.05, 3.63) is 24.3 Å². The SMILES string of the molecule is COc1ccc(N2NC(C(F)(F)F)C(=O)C2=O)cc1. The number of hydrogen-bond acceptors (Lipinski definition) is 4. The second kappa shape index (κ2) is 4.54. The van der Waals surface area contributed by atoms with E-state index in [1.807, 2.05) is 5.43 Å². The van der Waals surface area contributed by atoms with Gasteiger partial charge in [0.25, 0.3) is 0 Å². The van der Waals surface area contributed by atoms with Gasteiger partial charge in [-0.15, -0.1) is 0 Å². The van der Waals surface area contributed by atoms with E-state index in [4.69, 9.17) is 4.74 Å². The number of amides is 1. The highest BCUT2D eigenvalue weighted by Crippen LogP contribution is 2.28. The summed E-state index contributed by atoms with van der Waals surface area (Å²) in [5.74, 6) is -2.29. The fourth-order valence-electron chi connectivity index (χ4n) is 1.62. The van der Waals surface area contributed by atoms with Gasteiger partial charge in [-0.25, -0.2) is 10.4 Å². The van der Waals surface area contributed by atoms with E-state index in [0.717, 1.165) is 0 Å². The van der Waals surface area contributed by atoms with Gasteiger partial charge in [-0.05, 0) is 24.3 Å². The van der Waals surface area contributed by atoms with Crippen molar-refractivity contribution in [3.8, 4) is 5.75 Å². The van der Waals surface area contributed by atoms with Gasteiger partial charge in [0.15, 0.2) is 6.04 Å². The van der Waals surface area contributed by atoms with E-state index in [1.165, 1.54) is 31.4 Å². The molecule has 0 radical (unpaired) electrons. The number of ketones is 1. The smallest absolute Gasteiger partial charge is 0.413 e. The molecular weight excluding hydrogens is 265 g/mol. The van der Waals surface area contributed by atoms with E-state index in [-0.39, 0.29) is 5.69 Å². The Hall–Kier alpha value is -2.09. The van der Waals surface area contributed by atoms with E-state index in [9.17, 15) is 22.8 Å². The van der Waals surface area contributed by atoms with Crippen LogP contribution in [0.25, 0.3) is 0 Å². The maximum atomic E-state index is 12.5. The number of Topliss-reactive ketones (excluding diaryl/α,β-unsaturated/α-hetero) is 1. The molecule has 1 unspecified atom stereocenters. The predicted molar refractivity (Wildman–Crippen MR) is 58.5 cm³/mol. The molecule has 1 saturated heterocycles. The average Bonchev–Trinajstić information content (AvgIpc) is 2.66. The van der Waals surface area contributed by atoms with Crippen molar-refractivity contribution in [2.75, 3.05) is 12.1 Å². The van der Waals surface area contributed by atoms with Crippen LogP contribution < -0.4 is 15.2 Å². The molecule has 0 spiro atoms. The number of nitrogens with one attached hydrogen (secondary N) is 1. The molecular formula is C11H9F3N2O3. The fourth-order valence-corrected chi connectivity index (χ4v) is 1.62. The fraction of sp³-hybridized carbons (Fsp3) is 0.273. The number of alkyl halides is 3. The lowest BCUT2D eigenvalue weighted by Crippen LogP contribution is -2.45. The number of hydrazine groups is 1. The monoisotopic (exact) mass is 274 g/mol. The number of nitrogens with zero attached hydrogens (tertiary/aromatic N) is 1. The summed E-state index contributed by atoms with van der Waals surface area (Å²) in [5, 5.41) is 0.583. The molecule has 0 aromatic heterocycles. The van der Waals surface area contributed by atoms with Crippen molar-refractivity contribution in [1.29, 1.82) is 0 Å². The molecule has 1 fully saturated rings. The summed E-state index contributed by atoms with van der Waals surface area (Å²) < 4.78 is 42.4. The van der Waals surface area contributed by atoms with Crippen LogP contribution >= 0.6 is 0 Å². The number of rotatable bonds is 2. The molecule has 5 nitrogen and oxygen atoms in total. The van der Waals surface area contributed by atoms with Crippen molar-refractivity contribution in [1.82, 2.24) is 5.43 Å². The van der Waals surface area contributed by atoms with Crippen LogP contribution in [-0.4, -0.2) is 31.0 Å². The first-order chi connectivity index (χ1) is 8.84. The van der Waals surface area contributed by atoms with Gasteiger partial charge in [0.1, 0.15) is 5.75 Å². The van der Waals surface area contributed by atoms with Crippen LogP contribution in [0.5, 0.6) is 5.75 Å². The van der Waals surface area contributed by atoms with Gasteiger partial charge in [-0.3, -0.25) is 9.59 Å². The lowest BCUT2D eigenvalue weighted by molar-refractivity contribution is -0.163. The summed E-state index contributed by atoms with van der Waals surface area (Å²) in [6, 6.07) is 3.18. The molecule has 2 rings (SSSR count). The van der Waals surface area contributed by atoms with Gasteiger partial charge >= 0.3 is 12.1 Å². The van der Waals surface area contributed by atoms with Crippen molar-refractivity contribution in [3.63, 3.8) is 0 Å². The van der Waals surface area contributed by atoms with Gasteiger partial charge in [-0.2, -0.15) is 13.2 Å². The Morgan fingerprint density at radius 1 is 1.21 bits per heavy atom. The first-order valence-corrected chi connectivity index (χ1v) is 5.20. The number of methoxy groups -OCH3 is 1. The Morgan fingerprint density at radius 3 is 2.21 bits per heavy atom. The van der Waals surface area contributed by atoms with Gasteiger partial charge < -0.3 is 4.74 Å². The highest BCUT2D eigenvalue weighted by Gasteiger charge is 2.54. The Bertz CT molecular complexity index is 513. The molecule has 102 valence electrons. The molecule has 1 N–H and O–H groups in total. The number of benzene rings is 1. The minimum absolute atomic E-state index is 0.130. The Morgan fingerprint density at radius 2 is 1.79 bits per heavy atom. The van der Waals surface area contributed by atoms with Crippen LogP contribution in [0.1, 0.15) is 0 Å². The van der Waals surface area contributed by atoms with Gasteiger partial charge in [0.2, 0.25) is 5.78 Å². The highest BCUT2D eigenvalue weighted by atomic mass is 19.4. The Labute approximate surface area is 105 Å². The van der Waals surface area contributed by atoms with Crippen LogP contribution in [0.3, 0.4) is 0 Å². The third kappa shape index (κ3) is 2.39. The van der Waals surface area contributed by atoms with E-state index in [2.05, 4.69) is 0 Å². The number of halogens is 3. The van der Waals surface area contributed by atoms with Gasteiger partial charge in [0.05, 0.1) is 12.8 Å². The van der Waals surface area contributed by atoms with Gasteiger partial charge in [-0.1, -0.05) is 0 Å². The summed E-state index contributed by atoms with van der Waals surface area (Å²) in [7, 11) is 1.43. The minimum atomic E-state index is -4.81. The minimum Gasteiger partial charge on any atom is -0.497 e. The van der Waals surface area contributed by atoms with E-state index in [0.29, 0.717) is 10.8 Å². The zero-order chi connectivity index (χ0) is 14.2. The lowest BCUT2D eigenvalue weighted by atomic mass is 10.2. The quantitative estimate of drug-likeness (QED) is 0.819. The summed E-state index contributed by atoms with van der Waals surface area (Å²) in [5.41, 5.74) is 1.98. The number of carbonyl (C=O) groups is 2. The lowest BCUT2D eigenvalue weighted by Gasteiger charge is -2.18. The largest absolute Gasteiger partial charge is 0.497 e. The molecule has 0 saturated carbocycles. The van der Waals surface area contributed by atoms with Crippen molar-refractivity contribution >= 4 is 17.4 Å². The van der Waals surface area contributed by atoms with E-state index in [1.54, 1.807) is 0 Å². The molecule has 19 heavy (non-hydrogen) atoms. The molecule has 1 atom stereocenters. The number of anilines is 1. The highest BCUT2D eigenvalue weighted by molar-refractivity contribution is 6.45. The Kier molecular flexibility index (Phi) is 3.19. The van der Waals surface area contributed by atoms with E-state index < -0.39 is 23.9 Å². The molecule has 1 aromatic rings. The second-order valence-electron chi connectivity index (χ2n) is 3.81. The van der Waals surface area contributed by atoms with Gasteiger partial charge in [0, 0.05) is 0 Å². The molecule has 0 bridgehead atoms. The summed E-state index contributed by atoms with van der Waals surface area (Å²) >= 11 is 0. The number of hydrogen-bond donors (Lipinski definition) is 1. The van der Waals surface area contributed by atoms with E-state index >= 15 is 0 Å². The normalized spacial score (nSPS) is 20.0. The zero-order valence-corrected chi connectivity index (χ0v) is 9.69.